The number of aliphatic carboxylic acids is 1. The zero-order valence-corrected chi connectivity index (χ0v) is 10.6. The lowest BCUT2D eigenvalue weighted by atomic mass is 9.92. The Labute approximate surface area is 98.6 Å². The standard InChI is InChI=1S/C13H25NO2/c1-13(2)8-7-11(10-13)14-9-5-3-4-6-12(15)16/h11,14H,3-10H2,1-2H3,(H,15,16). The van der Waals surface area contributed by atoms with E-state index in [1.54, 1.807) is 0 Å². The van der Waals surface area contributed by atoms with Gasteiger partial charge in [-0.3, -0.25) is 4.79 Å². The molecule has 3 heteroatoms. The van der Waals surface area contributed by atoms with Gasteiger partial charge in [0.2, 0.25) is 0 Å². The zero-order chi connectivity index (χ0) is 12.0. The molecule has 0 aromatic carbocycles. The molecule has 1 rings (SSSR count). The lowest BCUT2D eigenvalue weighted by Gasteiger charge is -2.17. The molecule has 1 saturated carbocycles. The highest BCUT2D eigenvalue weighted by Crippen LogP contribution is 2.36. The first-order valence-electron chi connectivity index (χ1n) is 6.45. The third kappa shape index (κ3) is 5.50. The molecule has 0 saturated heterocycles. The van der Waals surface area contributed by atoms with Crippen molar-refractivity contribution < 1.29 is 9.90 Å². The first kappa shape index (κ1) is 13.5. The van der Waals surface area contributed by atoms with Crippen LogP contribution in [0.4, 0.5) is 0 Å². The number of carboxylic acids is 1. The summed E-state index contributed by atoms with van der Waals surface area (Å²) >= 11 is 0. The van der Waals surface area contributed by atoms with Gasteiger partial charge in [0.05, 0.1) is 0 Å². The van der Waals surface area contributed by atoms with E-state index in [0.29, 0.717) is 17.9 Å². The van der Waals surface area contributed by atoms with Crippen molar-refractivity contribution in [3.63, 3.8) is 0 Å². The molecular weight excluding hydrogens is 202 g/mol. The van der Waals surface area contributed by atoms with Crippen LogP contribution in [0.5, 0.6) is 0 Å². The van der Waals surface area contributed by atoms with Crippen molar-refractivity contribution in [1.29, 1.82) is 0 Å². The van der Waals surface area contributed by atoms with Crippen LogP contribution in [0, 0.1) is 5.41 Å². The number of carbonyl (C=O) groups is 1. The molecule has 0 aromatic heterocycles. The summed E-state index contributed by atoms with van der Waals surface area (Å²) in [6.07, 6.45) is 7.15. The molecule has 0 heterocycles. The Balaban J connectivity index is 1.94. The van der Waals surface area contributed by atoms with E-state index in [4.69, 9.17) is 5.11 Å². The van der Waals surface area contributed by atoms with Gasteiger partial charge in [0.25, 0.3) is 0 Å². The van der Waals surface area contributed by atoms with Crippen molar-refractivity contribution in [2.45, 2.75) is 64.8 Å². The number of nitrogens with one attached hydrogen (secondary N) is 1. The Morgan fingerprint density at radius 1 is 1.38 bits per heavy atom. The molecular formula is C13H25NO2. The molecule has 1 aliphatic rings. The van der Waals surface area contributed by atoms with Gasteiger partial charge in [-0.1, -0.05) is 20.3 Å². The summed E-state index contributed by atoms with van der Waals surface area (Å²) in [5.74, 6) is -0.675. The van der Waals surface area contributed by atoms with Gasteiger partial charge in [-0.05, 0) is 44.1 Å². The topological polar surface area (TPSA) is 49.3 Å². The predicted molar refractivity (Wildman–Crippen MR) is 65.5 cm³/mol. The lowest BCUT2D eigenvalue weighted by Crippen LogP contribution is -2.28. The molecule has 94 valence electrons. The van der Waals surface area contributed by atoms with Gasteiger partial charge in [0, 0.05) is 12.5 Å². The van der Waals surface area contributed by atoms with Crippen LogP contribution in [0.1, 0.15) is 58.8 Å². The average Bonchev–Trinajstić information content (AvgIpc) is 2.51. The zero-order valence-electron chi connectivity index (χ0n) is 10.6. The highest BCUT2D eigenvalue weighted by atomic mass is 16.4. The maximum atomic E-state index is 10.3. The molecule has 2 N–H and O–H groups in total. The van der Waals surface area contributed by atoms with Crippen molar-refractivity contribution in [2.24, 2.45) is 5.41 Å². The van der Waals surface area contributed by atoms with Crippen LogP contribution in [0.15, 0.2) is 0 Å². The Kier molecular flexibility index (Phi) is 5.26. The number of hydrogen-bond acceptors (Lipinski definition) is 2. The third-order valence-electron chi connectivity index (χ3n) is 3.47. The minimum atomic E-state index is -0.675. The van der Waals surface area contributed by atoms with Gasteiger partial charge >= 0.3 is 5.97 Å². The van der Waals surface area contributed by atoms with Gasteiger partial charge in [0.1, 0.15) is 0 Å². The first-order valence-corrected chi connectivity index (χ1v) is 6.45. The molecule has 0 amide bonds. The SMILES string of the molecule is CC1(C)CCC(NCCCCCC(=O)O)C1. The normalized spacial score (nSPS) is 23.5. The van der Waals surface area contributed by atoms with Crippen LogP contribution in [-0.2, 0) is 4.79 Å². The van der Waals surface area contributed by atoms with Gasteiger partial charge in [-0.15, -0.1) is 0 Å². The highest BCUT2D eigenvalue weighted by molar-refractivity contribution is 5.66. The highest BCUT2D eigenvalue weighted by Gasteiger charge is 2.30. The summed E-state index contributed by atoms with van der Waals surface area (Å²) < 4.78 is 0. The van der Waals surface area contributed by atoms with Gasteiger partial charge in [-0.2, -0.15) is 0 Å². The fourth-order valence-corrected chi connectivity index (χ4v) is 2.49. The number of carboxylic acid groups (broad SMARTS) is 1. The van der Waals surface area contributed by atoms with Crippen LogP contribution in [0.2, 0.25) is 0 Å². The Bertz CT molecular complexity index is 226. The first-order chi connectivity index (χ1) is 7.49. The summed E-state index contributed by atoms with van der Waals surface area (Å²) in [6.45, 7) is 5.71. The van der Waals surface area contributed by atoms with E-state index in [2.05, 4.69) is 19.2 Å². The summed E-state index contributed by atoms with van der Waals surface area (Å²) in [6, 6.07) is 0.689. The Hall–Kier alpha value is -0.570. The molecule has 1 unspecified atom stereocenters. The fourth-order valence-electron chi connectivity index (χ4n) is 2.49. The van der Waals surface area contributed by atoms with E-state index in [0.717, 1.165) is 25.8 Å². The van der Waals surface area contributed by atoms with Crippen molar-refractivity contribution in [2.75, 3.05) is 6.54 Å². The average molecular weight is 227 g/mol. The molecule has 0 spiro atoms. The van der Waals surface area contributed by atoms with Gasteiger partial charge < -0.3 is 10.4 Å². The summed E-state index contributed by atoms with van der Waals surface area (Å²) in [7, 11) is 0. The van der Waals surface area contributed by atoms with Crippen LogP contribution in [0.25, 0.3) is 0 Å². The molecule has 1 atom stereocenters. The summed E-state index contributed by atoms with van der Waals surface area (Å²) in [5, 5.41) is 12.1. The van der Waals surface area contributed by atoms with Gasteiger partial charge in [-0.25, -0.2) is 0 Å². The maximum Gasteiger partial charge on any atom is 0.303 e. The third-order valence-corrected chi connectivity index (χ3v) is 3.47. The lowest BCUT2D eigenvalue weighted by molar-refractivity contribution is -0.137. The van der Waals surface area contributed by atoms with Crippen LogP contribution < -0.4 is 5.32 Å². The Morgan fingerprint density at radius 3 is 2.69 bits per heavy atom. The van der Waals surface area contributed by atoms with Crippen molar-refractivity contribution in [3.05, 3.63) is 0 Å². The Morgan fingerprint density at radius 2 is 2.12 bits per heavy atom. The smallest absolute Gasteiger partial charge is 0.303 e. The van der Waals surface area contributed by atoms with E-state index in [9.17, 15) is 4.79 Å². The second-order valence-electron chi connectivity index (χ2n) is 5.76. The van der Waals surface area contributed by atoms with E-state index in [-0.39, 0.29) is 0 Å². The van der Waals surface area contributed by atoms with Crippen molar-refractivity contribution >= 4 is 5.97 Å². The molecule has 16 heavy (non-hydrogen) atoms. The maximum absolute atomic E-state index is 10.3. The van der Waals surface area contributed by atoms with Crippen molar-refractivity contribution in [1.82, 2.24) is 5.32 Å². The second kappa shape index (κ2) is 6.24. The summed E-state index contributed by atoms with van der Waals surface area (Å²) in [4.78, 5) is 10.3. The van der Waals surface area contributed by atoms with Crippen molar-refractivity contribution in [3.8, 4) is 0 Å². The van der Waals surface area contributed by atoms with Crippen LogP contribution in [-0.4, -0.2) is 23.7 Å². The minimum absolute atomic E-state index is 0.316. The molecule has 1 aliphatic carbocycles. The van der Waals surface area contributed by atoms with E-state index in [1.807, 2.05) is 0 Å². The molecule has 0 aliphatic heterocycles. The summed E-state index contributed by atoms with van der Waals surface area (Å²) in [5.41, 5.74) is 0.515. The molecule has 0 bridgehead atoms. The fraction of sp³-hybridized carbons (Fsp3) is 0.923. The minimum Gasteiger partial charge on any atom is -0.481 e. The van der Waals surface area contributed by atoms with Crippen LogP contribution in [0.3, 0.4) is 0 Å². The monoisotopic (exact) mass is 227 g/mol. The van der Waals surface area contributed by atoms with E-state index in [1.165, 1.54) is 19.3 Å². The number of unbranched alkanes of at least 4 members (excludes halogenated alkanes) is 2. The van der Waals surface area contributed by atoms with Crippen LogP contribution >= 0.6 is 0 Å². The molecule has 1 fully saturated rings. The second-order valence-corrected chi connectivity index (χ2v) is 5.76. The van der Waals surface area contributed by atoms with E-state index >= 15 is 0 Å². The largest absolute Gasteiger partial charge is 0.481 e. The number of rotatable bonds is 7. The molecule has 0 radical (unpaired) electrons. The predicted octanol–water partition coefficient (Wildman–Crippen LogP) is 2.80. The van der Waals surface area contributed by atoms with Gasteiger partial charge in [0.15, 0.2) is 0 Å². The molecule has 3 nitrogen and oxygen atoms in total. The molecule has 0 aromatic rings. The van der Waals surface area contributed by atoms with E-state index < -0.39 is 5.97 Å². The number of hydrogen-bond donors (Lipinski definition) is 2. The quantitative estimate of drug-likeness (QED) is 0.657.